The number of nitrogens with one attached hydrogen (secondary N) is 2. The highest BCUT2D eigenvalue weighted by molar-refractivity contribution is 14.0. The van der Waals surface area contributed by atoms with Crippen LogP contribution in [0.4, 0.5) is 0 Å². The number of methoxy groups -OCH3 is 1. The van der Waals surface area contributed by atoms with Crippen molar-refractivity contribution in [2.24, 2.45) is 4.99 Å². The number of ether oxygens (including phenoxy) is 2. The summed E-state index contributed by atoms with van der Waals surface area (Å²) in [5.41, 5.74) is 1.23. The lowest BCUT2D eigenvalue weighted by Gasteiger charge is -2.25. The fraction of sp³-hybridized carbons (Fsp3) is 0.591. The topological polar surface area (TPSA) is 85.6 Å². The molecule has 0 radical (unpaired) electrons. The van der Waals surface area contributed by atoms with Crippen molar-refractivity contribution < 1.29 is 9.47 Å². The summed E-state index contributed by atoms with van der Waals surface area (Å²) in [6.45, 7) is 9.57. The number of rotatable bonds is 9. The van der Waals surface area contributed by atoms with Crippen molar-refractivity contribution in [3.8, 4) is 5.75 Å². The number of para-hydroxylation sites is 1. The quantitative estimate of drug-likeness (QED) is 0.219. The number of halogens is 1. The lowest BCUT2D eigenvalue weighted by atomic mass is 10.0. The van der Waals surface area contributed by atoms with Crippen molar-refractivity contribution in [2.75, 3.05) is 26.8 Å². The average Bonchev–Trinajstić information content (AvgIpc) is 3.13. The van der Waals surface area contributed by atoms with Crippen molar-refractivity contribution in [3.05, 3.63) is 41.5 Å². The molecule has 1 aliphatic heterocycles. The van der Waals surface area contributed by atoms with Gasteiger partial charge in [0, 0.05) is 26.1 Å². The molecule has 0 saturated heterocycles. The van der Waals surface area contributed by atoms with Crippen LogP contribution in [-0.2, 0) is 24.3 Å². The van der Waals surface area contributed by atoms with Gasteiger partial charge in [0.1, 0.15) is 24.8 Å². The molecule has 1 unspecified atom stereocenters. The highest BCUT2D eigenvalue weighted by Gasteiger charge is 2.22. The maximum atomic E-state index is 5.99. The Bertz CT molecular complexity index is 839. The van der Waals surface area contributed by atoms with Crippen LogP contribution in [0.5, 0.6) is 5.75 Å². The van der Waals surface area contributed by atoms with Crippen molar-refractivity contribution in [2.45, 2.75) is 58.7 Å². The zero-order valence-electron chi connectivity index (χ0n) is 18.9. The van der Waals surface area contributed by atoms with E-state index in [1.54, 1.807) is 7.11 Å². The van der Waals surface area contributed by atoms with Gasteiger partial charge in [0.25, 0.3) is 0 Å². The minimum atomic E-state index is 0. The van der Waals surface area contributed by atoms with Crippen LogP contribution >= 0.6 is 24.0 Å². The number of guanidine groups is 1. The van der Waals surface area contributed by atoms with E-state index in [0.717, 1.165) is 49.3 Å². The predicted molar refractivity (Wildman–Crippen MR) is 133 cm³/mol. The fourth-order valence-corrected chi connectivity index (χ4v) is 3.58. The second-order valence-corrected chi connectivity index (χ2v) is 7.74. The molecule has 0 aliphatic carbocycles. The smallest absolute Gasteiger partial charge is 0.191 e. The minimum absolute atomic E-state index is 0. The van der Waals surface area contributed by atoms with Crippen LogP contribution in [0.2, 0.25) is 0 Å². The third kappa shape index (κ3) is 7.34. The summed E-state index contributed by atoms with van der Waals surface area (Å²) < 4.78 is 13.1. The Hall–Kier alpha value is -1.88. The van der Waals surface area contributed by atoms with Crippen LogP contribution < -0.4 is 15.4 Å². The third-order valence-electron chi connectivity index (χ3n) is 5.02. The Kier molecular flexibility index (Phi) is 10.5. The van der Waals surface area contributed by atoms with E-state index in [2.05, 4.69) is 53.6 Å². The normalized spacial score (nSPS) is 15.9. The number of hydrogen-bond acceptors (Lipinski definition) is 5. The van der Waals surface area contributed by atoms with Crippen molar-refractivity contribution >= 4 is 29.9 Å². The third-order valence-corrected chi connectivity index (χ3v) is 5.02. The molecule has 0 bridgehead atoms. The van der Waals surface area contributed by atoms with Crippen molar-refractivity contribution in [1.29, 1.82) is 0 Å². The second-order valence-electron chi connectivity index (χ2n) is 7.74. The number of nitrogens with zero attached hydrogens (tertiary/aromatic N) is 4. The summed E-state index contributed by atoms with van der Waals surface area (Å²) in [6, 6.07) is 8.47. The van der Waals surface area contributed by atoms with E-state index in [0.29, 0.717) is 25.7 Å². The van der Waals surface area contributed by atoms with Crippen molar-refractivity contribution in [3.63, 3.8) is 0 Å². The molecule has 0 spiro atoms. The Morgan fingerprint density at radius 2 is 2.13 bits per heavy atom. The van der Waals surface area contributed by atoms with Crippen LogP contribution in [0.15, 0.2) is 29.3 Å². The van der Waals surface area contributed by atoms with E-state index in [4.69, 9.17) is 14.5 Å². The first kappa shape index (κ1) is 25.4. The molecular formula is C22H35IN6O2. The van der Waals surface area contributed by atoms with Crippen LogP contribution in [0.3, 0.4) is 0 Å². The molecule has 1 aliphatic rings. The summed E-state index contributed by atoms with van der Waals surface area (Å²) in [4.78, 5) is 9.23. The highest BCUT2D eigenvalue weighted by atomic mass is 127. The molecule has 31 heavy (non-hydrogen) atoms. The van der Waals surface area contributed by atoms with E-state index in [-0.39, 0.29) is 30.0 Å². The van der Waals surface area contributed by atoms with E-state index in [9.17, 15) is 0 Å². The molecule has 3 rings (SSSR count). The Morgan fingerprint density at radius 1 is 1.32 bits per heavy atom. The van der Waals surface area contributed by atoms with Crippen molar-refractivity contribution in [1.82, 2.24) is 25.4 Å². The first-order valence-corrected chi connectivity index (χ1v) is 10.8. The van der Waals surface area contributed by atoms with Crippen LogP contribution in [0, 0.1) is 0 Å². The largest absolute Gasteiger partial charge is 0.491 e. The summed E-state index contributed by atoms with van der Waals surface area (Å²) in [5.74, 6) is 3.95. The minimum Gasteiger partial charge on any atom is -0.491 e. The van der Waals surface area contributed by atoms with E-state index >= 15 is 0 Å². The summed E-state index contributed by atoms with van der Waals surface area (Å²) in [7, 11) is 1.66. The second kappa shape index (κ2) is 12.8. The Balaban J connectivity index is 0.00000341. The molecular weight excluding hydrogens is 507 g/mol. The van der Waals surface area contributed by atoms with Gasteiger partial charge in [0.2, 0.25) is 0 Å². The molecule has 0 fully saturated rings. The van der Waals surface area contributed by atoms with Gasteiger partial charge in [-0.15, -0.1) is 24.0 Å². The molecule has 1 aromatic carbocycles. The predicted octanol–water partition coefficient (Wildman–Crippen LogP) is 3.11. The van der Waals surface area contributed by atoms with Gasteiger partial charge in [0.15, 0.2) is 11.8 Å². The highest BCUT2D eigenvalue weighted by Crippen LogP contribution is 2.25. The average molecular weight is 542 g/mol. The first-order valence-electron chi connectivity index (χ1n) is 10.8. The maximum absolute atomic E-state index is 5.99. The lowest BCUT2D eigenvalue weighted by molar-refractivity contribution is 0.177. The lowest BCUT2D eigenvalue weighted by Crippen LogP contribution is -2.47. The molecule has 8 nitrogen and oxygen atoms in total. The van der Waals surface area contributed by atoms with Gasteiger partial charge >= 0.3 is 0 Å². The van der Waals surface area contributed by atoms with Gasteiger partial charge < -0.3 is 20.1 Å². The number of aliphatic imine (C=N–C) groups is 1. The number of aryl methyl sites for hydroxylation is 1. The number of aromatic nitrogens is 3. The van der Waals surface area contributed by atoms with Gasteiger partial charge in [-0.2, -0.15) is 5.10 Å². The molecule has 0 amide bonds. The molecule has 0 saturated carbocycles. The number of benzene rings is 1. The van der Waals surface area contributed by atoms with E-state index < -0.39 is 0 Å². The van der Waals surface area contributed by atoms with Gasteiger partial charge in [-0.25, -0.2) is 14.7 Å². The number of fused-ring (bicyclic) bond motifs is 1. The fourth-order valence-electron chi connectivity index (χ4n) is 3.58. The Morgan fingerprint density at radius 3 is 2.87 bits per heavy atom. The van der Waals surface area contributed by atoms with Crippen LogP contribution in [0.25, 0.3) is 0 Å². The van der Waals surface area contributed by atoms with Crippen LogP contribution in [-0.4, -0.2) is 53.6 Å². The molecule has 2 N–H and O–H groups in total. The maximum Gasteiger partial charge on any atom is 0.191 e. The number of hydrogen-bond donors (Lipinski definition) is 2. The van der Waals surface area contributed by atoms with Crippen LogP contribution in [0.1, 0.15) is 50.3 Å². The molecule has 2 heterocycles. The molecule has 9 heteroatoms. The summed E-state index contributed by atoms with van der Waals surface area (Å²) in [5, 5.41) is 11.4. The van der Waals surface area contributed by atoms with E-state index in [1.165, 1.54) is 5.56 Å². The SMILES string of the molecule is CCNC(=NCCOc1ccccc1C(C)C)NC1CCc2nc(COC)nn2C1.I. The van der Waals surface area contributed by atoms with E-state index in [1.807, 2.05) is 16.8 Å². The summed E-state index contributed by atoms with van der Waals surface area (Å²) >= 11 is 0. The monoisotopic (exact) mass is 542 g/mol. The van der Waals surface area contributed by atoms with Gasteiger partial charge in [-0.1, -0.05) is 32.0 Å². The summed E-state index contributed by atoms with van der Waals surface area (Å²) in [6.07, 6.45) is 1.89. The molecule has 1 atom stereocenters. The van der Waals surface area contributed by atoms with Gasteiger partial charge in [-0.05, 0) is 30.9 Å². The molecule has 1 aromatic heterocycles. The molecule has 172 valence electrons. The Labute approximate surface area is 202 Å². The first-order chi connectivity index (χ1) is 14.6. The molecule has 2 aromatic rings. The zero-order valence-corrected chi connectivity index (χ0v) is 21.3. The zero-order chi connectivity index (χ0) is 21.3. The standard InChI is InChI=1S/C22H34N6O2.HI/c1-5-23-22(24-12-13-30-19-9-7-6-8-18(19)16(2)3)25-17-10-11-21-26-20(15-29-4)27-28(21)14-17;/h6-9,16-17H,5,10-15H2,1-4H3,(H2,23,24,25);1H. The van der Waals surface area contributed by atoms with Gasteiger partial charge in [-0.3, -0.25) is 0 Å². The van der Waals surface area contributed by atoms with Gasteiger partial charge in [0.05, 0.1) is 13.1 Å².